The second kappa shape index (κ2) is 12.4. The summed E-state index contributed by atoms with van der Waals surface area (Å²) >= 11 is 1.71. The molecule has 3 heterocycles. The summed E-state index contributed by atoms with van der Waals surface area (Å²) in [7, 11) is 0. The van der Waals surface area contributed by atoms with Crippen LogP contribution in [0.3, 0.4) is 0 Å². The standard InChI is InChI=1S/C53H61BN2S/c1-32-27-43-46-44(28-32)56(37-21-22-39-40(31-37)53(13,14)26-25-52(39,11)12)47-38-29-34(50(5,6)7)18-24-45(38)57-48(47)54(46)41-30-35(51(8,9)10)17-23-42(41)55(43)36-19-15-33(16-20-36)49(2,3)4/h15-24,27-31H,25-26H2,1-14H3/i15D,16D,17D,19D,20D,23D,30D. The van der Waals surface area contributed by atoms with E-state index in [2.05, 4.69) is 95.8 Å². The minimum absolute atomic E-state index is 0.0166. The van der Waals surface area contributed by atoms with Crippen LogP contribution in [0.4, 0.5) is 34.1 Å². The van der Waals surface area contributed by atoms with E-state index in [4.69, 9.17) is 0 Å². The Balaban J connectivity index is 1.49. The van der Waals surface area contributed by atoms with E-state index < -0.39 is 17.5 Å². The van der Waals surface area contributed by atoms with Crippen molar-refractivity contribution in [1.29, 1.82) is 0 Å². The smallest absolute Gasteiger partial charge is 0.264 e. The third-order valence-electron chi connectivity index (χ3n) is 12.9. The predicted octanol–water partition coefficient (Wildman–Crippen LogP) is 13.5. The van der Waals surface area contributed by atoms with E-state index in [9.17, 15) is 9.60 Å². The van der Waals surface area contributed by atoms with Crippen molar-refractivity contribution in [3.8, 4) is 0 Å². The van der Waals surface area contributed by atoms with Gasteiger partial charge in [-0.2, -0.15) is 0 Å². The maximum absolute atomic E-state index is 10.3. The van der Waals surface area contributed by atoms with Crippen molar-refractivity contribution >= 4 is 78.0 Å². The molecule has 2 nitrogen and oxygen atoms in total. The van der Waals surface area contributed by atoms with Crippen LogP contribution in [0.1, 0.15) is 146 Å². The molecule has 1 aromatic heterocycles. The Morgan fingerprint density at radius 3 is 1.84 bits per heavy atom. The Hall–Kier alpha value is -4.28. The molecule has 0 unspecified atom stereocenters. The molecule has 3 aliphatic rings. The Bertz CT molecular complexity index is 2990. The highest BCUT2D eigenvalue weighted by Gasteiger charge is 2.46. The van der Waals surface area contributed by atoms with Crippen molar-refractivity contribution < 1.29 is 9.60 Å². The zero-order valence-electron chi connectivity index (χ0n) is 43.4. The monoisotopic (exact) mass is 776 g/mol. The molecular formula is C53H61BN2S. The highest BCUT2D eigenvalue weighted by molar-refractivity contribution is 7.33. The van der Waals surface area contributed by atoms with Gasteiger partial charge < -0.3 is 9.80 Å². The zero-order chi connectivity index (χ0) is 46.9. The summed E-state index contributed by atoms with van der Waals surface area (Å²) in [5.74, 6) is 0. The van der Waals surface area contributed by atoms with Crippen LogP contribution in [0.15, 0.2) is 90.8 Å². The van der Waals surface area contributed by atoms with Gasteiger partial charge in [-0.1, -0.05) is 126 Å². The Morgan fingerprint density at radius 1 is 0.614 bits per heavy atom. The normalized spacial score (nSPS) is 18.7. The fourth-order valence-corrected chi connectivity index (χ4v) is 10.5. The molecule has 0 radical (unpaired) electrons. The molecule has 0 fully saturated rings. The Labute approximate surface area is 357 Å². The van der Waals surface area contributed by atoms with Crippen LogP contribution in [0.25, 0.3) is 10.1 Å². The van der Waals surface area contributed by atoms with Gasteiger partial charge in [-0.05, 0) is 146 Å². The number of fused-ring (bicyclic) bond motifs is 7. The SMILES string of the molecule is [2H]c1c([2H])c(C(C)(C)C)c([2H])c([2H])c1N1c2cc(C)cc3c2B(c2sc4ccc(C(C)(C)C)cc4c2N3c2ccc3c(c2)C(C)(C)CCC3(C)C)c2c([2H])c(C(C)(C)C)c([2H])c([2H])c21. The molecule has 0 spiro atoms. The molecule has 0 N–H and O–H groups in total. The van der Waals surface area contributed by atoms with Crippen molar-refractivity contribution in [3.05, 3.63) is 124 Å². The molecular weight excluding hydrogens is 707 g/mol. The fourth-order valence-electron chi connectivity index (χ4n) is 9.25. The number of hydrogen-bond acceptors (Lipinski definition) is 3. The maximum atomic E-state index is 10.3. The van der Waals surface area contributed by atoms with Gasteiger partial charge in [-0.15, -0.1) is 11.3 Å². The van der Waals surface area contributed by atoms with Crippen LogP contribution in [-0.4, -0.2) is 6.71 Å². The highest BCUT2D eigenvalue weighted by Crippen LogP contribution is 2.52. The first kappa shape index (κ1) is 30.8. The van der Waals surface area contributed by atoms with Crippen LogP contribution in [0.5, 0.6) is 0 Å². The van der Waals surface area contributed by atoms with E-state index in [-0.39, 0.29) is 69.9 Å². The molecule has 1 aliphatic carbocycles. The third-order valence-corrected chi connectivity index (χ3v) is 14.1. The zero-order valence-corrected chi connectivity index (χ0v) is 37.2. The first-order valence-electron chi connectivity index (χ1n) is 24.2. The lowest BCUT2D eigenvalue weighted by Gasteiger charge is -2.45. The summed E-state index contributed by atoms with van der Waals surface area (Å²) in [6.07, 6.45) is 2.17. The van der Waals surface area contributed by atoms with E-state index >= 15 is 0 Å². The predicted molar refractivity (Wildman–Crippen MR) is 252 cm³/mol. The van der Waals surface area contributed by atoms with Crippen LogP contribution < -0.4 is 25.5 Å². The molecule has 0 amide bonds. The molecule has 0 atom stereocenters. The molecule has 5 aromatic carbocycles. The van der Waals surface area contributed by atoms with Gasteiger partial charge in [0.15, 0.2) is 0 Å². The van der Waals surface area contributed by atoms with Gasteiger partial charge in [-0.25, -0.2) is 0 Å². The minimum atomic E-state index is -0.680. The number of thiophene rings is 1. The quantitative estimate of drug-likeness (QED) is 0.161. The van der Waals surface area contributed by atoms with Crippen LogP contribution in [-0.2, 0) is 27.1 Å². The highest BCUT2D eigenvalue weighted by atomic mass is 32.1. The average molecular weight is 776 g/mol. The fraction of sp³-hybridized carbons (Fsp3) is 0.396. The number of rotatable bonds is 2. The second-order valence-corrected chi connectivity index (χ2v) is 22.4. The van der Waals surface area contributed by atoms with Gasteiger partial charge in [0.1, 0.15) is 0 Å². The molecule has 0 saturated carbocycles. The van der Waals surface area contributed by atoms with Crippen LogP contribution in [0, 0.1) is 6.92 Å². The number of benzene rings is 5. The number of anilines is 6. The molecule has 9 rings (SSSR count). The average Bonchev–Trinajstić information content (AvgIpc) is 3.55. The van der Waals surface area contributed by atoms with Gasteiger partial charge in [0.05, 0.1) is 15.3 Å². The largest absolute Gasteiger partial charge is 0.311 e. The van der Waals surface area contributed by atoms with Gasteiger partial charge in [0.25, 0.3) is 6.71 Å². The summed E-state index contributed by atoms with van der Waals surface area (Å²) < 4.78 is 70.2. The first-order valence-corrected chi connectivity index (χ1v) is 21.5. The van der Waals surface area contributed by atoms with E-state index in [1.165, 1.54) is 16.7 Å². The molecule has 292 valence electrons. The number of hydrogen-bond donors (Lipinski definition) is 0. The summed E-state index contributed by atoms with van der Waals surface area (Å²) in [6.45, 7) is 29.3. The molecule has 6 aromatic rings. The number of nitrogens with zero attached hydrogens (tertiary/aromatic N) is 2. The summed E-state index contributed by atoms with van der Waals surface area (Å²) in [5, 5.41) is 1.12. The Morgan fingerprint density at radius 2 is 1.21 bits per heavy atom. The topological polar surface area (TPSA) is 6.48 Å². The van der Waals surface area contributed by atoms with Crippen molar-refractivity contribution in [1.82, 2.24) is 0 Å². The van der Waals surface area contributed by atoms with E-state index in [0.717, 1.165) is 55.8 Å². The van der Waals surface area contributed by atoms with Crippen molar-refractivity contribution in [2.45, 2.75) is 137 Å². The van der Waals surface area contributed by atoms with E-state index in [1.54, 1.807) is 16.2 Å². The van der Waals surface area contributed by atoms with E-state index in [1.807, 2.05) is 54.5 Å². The lowest BCUT2D eigenvalue weighted by Crippen LogP contribution is -2.60. The second-order valence-electron chi connectivity index (χ2n) is 21.3. The lowest BCUT2D eigenvalue weighted by atomic mass is 9.36. The molecule has 0 bridgehead atoms. The van der Waals surface area contributed by atoms with E-state index in [0.29, 0.717) is 22.3 Å². The van der Waals surface area contributed by atoms with Gasteiger partial charge in [0, 0.05) is 43.3 Å². The van der Waals surface area contributed by atoms with Gasteiger partial charge in [0.2, 0.25) is 0 Å². The van der Waals surface area contributed by atoms with Crippen molar-refractivity contribution in [2.24, 2.45) is 0 Å². The maximum Gasteiger partial charge on any atom is 0.264 e. The van der Waals surface area contributed by atoms with Crippen molar-refractivity contribution in [3.63, 3.8) is 0 Å². The molecule has 2 aliphatic heterocycles. The van der Waals surface area contributed by atoms with Crippen LogP contribution in [0.2, 0.25) is 0 Å². The minimum Gasteiger partial charge on any atom is -0.311 e. The first-order chi connectivity index (χ1) is 29.5. The molecule has 0 saturated heterocycles. The molecule has 57 heavy (non-hydrogen) atoms. The summed E-state index contributed by atoms with van der Waals surface area (Å²) in [6, 6.07) is 17.4. The summed E-state index contributed by atoms with van der Waals surface area (Å²) in [4.78, 5) is 4.14. The van der Waals surface area contributed by atoms with Crippen molar-refractivity contribution in [2.75, 3.05) is 9.80 Å². The van der Waals surface area contributed by atoms with Crippen LogP contribution >= 0.6 is 11.3 Å². The Kier molecular flexibility index (Phi) is 6.67. The third kappa shape index (κ3) is 6.02. The number of aryl methyl sites for hydroxylation is 1. The van der Waals surface area contributed by atoms with Gasteiger partial charge >= 0.3 is 0 Å². The molecule has 4 heteroatoms. The van der Waals surface area contributed by atoms with Gasteiger partial charge in [-0.3, -0.25) is 0 Å². The lowest BCUT2D eigenvalue weighted by molar-refractivity contribution is 0.332. The summed E-state index contributed by atoms with van der Waals surface area (Å²) in [5.41, 5.74) is 9.46.